The fourth-order valence-corrected chi connectivity index (χ4v) is 1.13. The van der Waals surface area contributed by atoms with Crippen molar-refractivity contribution in [1.82, 2.24) is 0 Å². The number of ether oxygens (including phenoxy) is 1. The van der Waals surface area contributed by atoms with E-state index in [9.17, 15) is 53.5 Å². The monoisotopic (exact) mass is 474 g/mol. The third kappa shape index (κ3) is 4.14. The van der Waals surface area contributed by atoms with Crippen LogP contribution in [0.3, 0.4) is 0 Å². The molecule has 148 valence electrons. The first-order valence-corrected chi connectivity index (χ1v) is 6.47. The smallest absolute Gasteiger partial charge is 0.384 e. The highest BCUT2D eigenvalue weighted by atomic mass is 35.5. The van der Waals surface area contributed by atoms with E-state index in [1.54, 1.807) is 0 Å². The first-order valence-electron chi connectivity index (χ1n) is 4.96. The first-order chi connectivity index (χ1) is 10.5. The maximum atomic E-state index is 13.2. The van der Waals surface area contributed by atoms with Gasteiger partial charge in [0.05, 0.1) is 0 Å². The summed E-state index contributed by atoms with van der Waals surface area (Å²) in [4.78, 5) is 21.7. The number of hydrogen-bond donors (Lipinski definition) is 0. The van der Waals surface area contributed by atoms with E-state index in [0.29, 0.717) is 0 Å². The number of rotatable bonds is 4. The van der Waals surface area contributed by atoms with Gasteiger partial charge in [0.1, 0.15) is 0 Å². The van der Waals surface area contributed by atoms with Gasteiger partial charge in [-0.05, 0) is 0 Å². The van der Waals surface area contributed by atoms with E-state index in [2.05, 4.69) is 51.1 Å². The van der Waals surface area contributed by atoms with Crippen molar-refractivity contribution in [3.8, 4) is 0 Å². The highest BCUT2D eigenvalue weighted by Gasteiger charge is 2.76. The van der Waals surface area contributed by atoms with Crippen molar-refractivity contribution in [2.24, 2.45) is 0 Å². The average Bonchev–Trinajstić information content (AvgIpc) is 2.34. The van der Waals surface area contributed by atoms with Gasteiger partial charge in [0.15, 0.2) is 0 Å². The third-order valence-electron chi connectivity index (χ3n) is 2.20. The minimum atomic E-state index is -6.25. The van der Waals surface area contributed by atoms with Crippen molar-refractivity contribution in [2.45, 2.75) is 32.9 Å². The molecule has 0 fully saturated rings. The van der Waals surface area contributed by atoms with E-state index in [1.165, 1.54) is 0 Å². The van der Waals surface area contributed by atoms with E-state index in [4.69, 9.17) is 0 Å². The lowest BCUT2D eigenvalue weighted by Gasteiger charge is -2.31. The van der Waals surface area contributed by atoms with Gasteiger partial charge in [0, 0.05) is 0 Å². The Hall–Kier alpha value is -0.400. The standard InChI is InChI=1S/C8Cl4F10O3/c9-5(10,7(17,18)19)3(13,14)1(23)25-2(24)4(15,16)6(11,12)8(20,21)22. The zero-order chi connectivity index (χ0) is 20.9. The molecule has 0 saturated carbocycles. The van der Waals surface area contributed by atoms with Crippen LogP contribution in [0, 0.1) is 0 Å². The molecule has 0 amide bonds. The van der Waals surface area contributed by atoms with Crippen LogP contribution in [-0.4, -0.2) is 44.8 Å². The molecule has 0 atom stereocenters. The molecule has 0 aromatic carbocycles. The molecule has 0 aliphatic rings. The molecular formula is C8Cl4F10O3. The lowest BCUT2D eigenvalue weighted by molar-refractivity contribution is -0.228. The van der Waals surface area contributed by atoms with E-state index >= 15 is 0 Å². The van der Waals surface area contributed by atoms with Crippen molar-refractivity contribution < 1.29 is 58.2 Å². The molecular weight excluding hydrogens is 476 g/mol. The van der Waals surface area contributed by atoms with Crippen LogP contribution in [0.2, 0.25) is 0 Å². The van der Waals surface area contributed by atoms with E-state index in [0.717, 1.165) is 0 Å². The average molecular weight is 476 g/mol. The number of alkyl halides is 14. The summed E-state index contributed by atoms with van der Waals surface area (Å²) >= 11 is 16.9. The second-order valence-electron chi connectivity index (χ2n) is 3.97. The molecule has 0 unspecified atom stereocenters. The molecule has 0 rings (SSSR count). The van der Waals surface area contributed by atoms with Crippen LogP contribution in [0.5, 0.6) is 0 Å². The molecule has 0 aromatic rings. The summed E-state index contributed by atoms with van der Waals surface area (Å²) in [5.41, 5.74) is 0. The minimum Gasteiger partial charge on any atom is -0.384 e. The van der Waals surface area contributed by atoms with Crippen LogP contribution >= 0.6 is 46.4 Å². The predicted octanol–water partition coefficient (Wildman–Crippen LogP) is 4.80. The van der Waals surface area contributed by atoms with Crippen LogP contribution in [0.25, 0.3) is 0 Å². The maximum absolute atomic E-state index is 13.2. The Bertz CT molecular complexity index is 505. The molecule has 0 radical (unpaired) electrons. The molecule has 0 aromatic heterocycles. The summed E-state index contributed by atoms with van der Waals surface area (Å²) in [6.07, 6.45) is -12.5. The summed E-state index contributed by atoms with van der Waals surface area (Å²) in [7, 11) is 0. The molecule has 0 saturated heterocycles. The number of carbonyl (C=O) groups is 2. The second-order valence-corrected chi connectivity index (χ2v) is 6.62. The van der Waals surface area contributed by atoms with E-state index in [-0.39, 0.29) is 0 Å². The van der Waals surface area contributed by atoms with Gasteiger partial charge < -0.3 is 4.74 Å². The largest absolute Gasteiger partial charge is 0.428 e. The maximum Gasteiger partial charge on any atom is 0.428 e. The summed E-state index contributed by atoms with van der Waals surface area (Å²) in [5.74, 6) is -19.6. The van der Waals surface area contributed by atoms with E-state index in [1.807, 2.05) is 0 Å². The molecule has 25 heavy (non-hydrogen) atoms. The Labute approximate surface area is 150 Å². The van der Waals surface area contributed by atoms with Gasteiger partial charge >= 0.3 is 36.1 Å². The Morgan fingerprint density at radius 3 is 0.920 bits per heavy atom. The number of hydrogen-bond acceptors (Lipinski definition) is 3. The van der Waals surface area contributed by atoms with Gasteiger partial charge in [-0.15, -0.1) is 0 Å². The van der Waals surface area contributed by atoms with Crippen molar-refractivity contribution >= 4 is 58.3 Å². The molecule has 17 heteroatoms. The zero-order valence-corrected chi connectivity index (χ0v) is 13.5. The molecule has 0 aliphatic carbocycles. The SMILES string of the molecule is O=C(OC(=O)C(F)(F)C(Cl)(Cl)C(F)(F)F)C(F)(F)C(Cl)(Cl)C(F)(F)F. The lowest BCUT2D eigenvalue weighted by atomic mass is 10.2. The van der Waals surface area contributed by atoms with E-state index < -0.39 is 44.8 Å². The normalized spacial score (nSPS) is 15.1. The second kappa shape index (κ2) is 6.64. The quantitative estimate of drug-likeness (QED) is 0.254. The first kappa shape index (κ1) is 24.6. The van der Waals surface area contributed by atoms with Crippen LogP contribution in [0.1, 0.15) is 0 Å². The lowest BCUT2D eigenvalue weighted by Crippen LogP contribution is -2.59. The fourth-order valence-electron chi connectivity index (χ4n) is 0.825. The molecule has 3 nitrogen and oxygen atoms in total. The van der Waals surface area contributed by atoms with Crippen molar-refractivity contribution in [3.05, 3.63) is 0 Å². The van der Waals surface area contributed by atoms with Crippen molar-refractivity contribution in [3.63, 3.8) is 0 Å². The highest BCUT2D eigenvalue weighted by molar-refractivity contribution is 6.51. The molecule has 0 spiro atoms. The number of halogens is 14. The Balaban J connectivity index is 5.68. The zero-order valence-electron chi connectivity index (χ0n) is 10.5. The predicted molar refractivity (Wildman–Crippen MR) is 62.0 cm³/mol. The number of carbonyl (C=O) groups excluding carboxylic acids is 2. The summed E-state index contributed by atoms with van der Waals surface area (Å²) < 4.78 is 118. The van der Waals surface area contributed by atoms with Gasteiger partial charge in [-0.1, -0.05) is 46.4 Å². The Kier molecular flexibility index (Phi) is 6.54. The molecule has 0 N–H and O–H groups in total. The topological polar surface area (TPSA) is 43.4 Å². The third-order valence-corrected chi connectivity index (χ3v) is 4.01. The van der Waals surface area contributed by atoms with Gasteiger partial charge in [0.2, 0.25) is 0 Å². The Morgan fingerprint density at radius 1 is 0.560 bits per heavy atom. The van der Waals surface area contributed by atoms with Crippen molar-refractivity contribution in [2.75, 3.05) is 0 Å². The summed E-state index contributed by atoms with van der Waals surface area (Å²) in [6, 6.07) is 0. The molecule has 0 aliphatic heterocycles. The minimum absolute atomic E-state index is 2.63. The van der Waals surface area contributed by atoms with Gasteiger partial charge in [-0.3, -0.25) is 0 Å². The molecule has 0 bridgehead atoms. The summed E-state index contributed by atoms with van der Waals surface area (Å²) in [6.45, 7) is 0. The van der Waals surface area contributed by atoms with Crippen molar-refractivity contribution in [1.29, 1.82) is 0 Å². The summed E-state index contributed by atoms with van der Waals surface area (Å²) in [5, 5.41) is 0. The van der Waals surface area contributed by atoms with Crippen LogP contribution in [0.15, 0.2) is 0 Å². The van der Waals surface area contributed by atoms with Crippen LogP contribution in [0.4, 0.5) is 43.9 Å². The Morgan fingerprint density at radius 2 is 0.760 bits per heavy atom. The highest BCUT2D eigenvalue weighted by Crippen LogP contribution is 2.53. The van der Waals surface area contributed by atoms with Gasteiger partial charge in [0.25, 0.3) is 8.67 Å². The van der Waals surface area contributed by atoms with Crippen LogP contribution < -0.4 is 0 Å². The van der Waals surface area contributed by atoms with Crippen LogP contribution in [-0.2, 0) is 14.3 Å². The van der Waals surface area contributed by atoms with Gasteiger partial charge in [-0.25, -0.2) is 9.59 Å². The molecule has 0 heterocycles. The van der Waals surface area contributed by atoms with Gasteiger partial charge in [-0.2, -0.15) is 43.9 Å². The number of esters is 2. The fraction of sp³-hybridized carbons (Fsp3) is 0.750.